The van der Waals surface area contributed by atoms with Gasteiger partial charge in [-0.25, -0.2) is 0 Å². The highest BCUT2D eigenvalue weighted by Gasteiger charge is 2.11. The zero-order valence-electron chi connectivity index (χ0n) is 10.6. The van der Waals surface area contributed by atoms with E-state index >= 15 is 0 Å². The minimum absolute atomic E-state index is 0.0124. The maximum Gasteiger partial charge on any atom is 0.269 e. The normalized spacial score (nSPS) is 10.1. The molecule has 20 heavy (non-hydrogen) atoms. The van der Waals surface area contributed by atoms with Crippen LogP contribution in [-0.4, -0.2) is 10.8 Å². The predicted octanol–water partition coefficient (Wildman–Crippen LogP) is 3.92. The Hall–Kier alpha value is -2.21. The SMILES string of the molecule is Cc1ccc(Br)cc1C(=O)Nc1ccc([N+](=O)[O-])cc1. The van der Waals surface area contributed by atoms with Gasteiger partial charge in [-0.1, -0.05) is 22.0 Å². The van der Waals surface area contributed by atoms with Crippen LogP contribution in [0.3, 0.4) is 0 Å². The summed E-state index contributed by atoms with van der Waals surface area (Å²) in [5.41, 5.74) is 1.91. The third-order valence-corrected chi connectivity index (χ3v) is 3.27. The minimum atomic E-state index is -0.482. The van der Waals surface area contributed by atoms with Crippen LogP contribution >= 0.6 is 15.9 Å². The highest BCUT2D eigenvalue weighted by Crippen LogP contribution is 2.19. The Labute approximate surface area is 123 Å². The number of nitrogens with zero attached hydrogens (tertiary/aromatic N) is 1. The first-order valence-corrected chi connectivity index (χ1v) is 6.58. The first-order valence-electron chi connectivity index (χ1n) is 5.79. The van der Waals surface area contributed by atoms with E-state index in [4.69, 9.17) is 0 Å². The van der Waals surface area contributed by atoms with Gasteiger partial charge in [0.25, 0.3) is 11.6 Å². The van der Waals surface area contributed by atoms with Crippen molar-refractivity contribution in [1.29, 1.82) is 0 Å². The summed E-state index contributed by atoms with van der Waals surface area (Å²) in [6.45, 7) is 1.84. The van der Waals surface area contributed by atoms with E-state index in [1.54, 1.807) is 6.07 Å². The molecule has 0 spiro atoms. The van der Waals surface area contributed by atoms with Gasteiger partial charge < -0.3 is 5.32 Å². The first kappa shape index (κ1) is 14.2. The average Bonchev–Trinajstić information content (AvgIpc) is 2.42. The van der Waals surface area contributed by atoms with Crippen LogP contribution in [0.1, 0.15) is 15.9 Å². The number of hydrogen-bond donors (Lipinski definition) is 1. The standard InChI is InChI=1S/C14H11BrN2O3/c1-9-2-3-10(15)8-13(9)14(18)16-11-4-6-12(7-5-11)17(19)20/h2-8H,1H3,(H,16,18). The lowest BCUT2D eigenvalue weighted by Crippen LogP contribution is -2.13. The highest BCUT2D eigenvalue weighted by molar-refractivity contribution is 9.10. The number of non-ortho nitro benzene ring substituents is 1. The fourth-order valence-corrected chi connectivity index (χ4v) is 2.06. The molecule has 1 N–H and O–H groups in total. The molecule has 0 unspecified atom stereocenters. The smallest absolute Gasteiger partial charge is 0.269 e. The molecule has 0 aliphatic carbocycles. The van der Waals surface area contributed by atoms with Gasteiger partial charge in [0.2, 0.25) is 0 Å². The Bertz CT molecular complexity index is 669. The Balaban J connectivity index is 2.19. The molecule has 2 aromatic rings. The number of aryl methyl sites for hydroxylation is 1. The van der Waals surface area contributed by atoms with Crippen molar-refractivity contribution in [2.45, 2.75) is 6.92 Å². The van der Waals surface area contributed by atoms with Crippen molar-refractivity contribution >= 4 is 33.2 Å². The molecule has 102 valence electrons. The zero-order chi connectivity index (χ0) is 14.7. The number of anilines is 1. The summed E-state index contributed by atoms with van der Waals surface area (Å²) < 4.78 is 0.817. The second-order valence-corrected chi connectivity index (χ2v) is 5.13. The molecular formula is C14H11BrN2O3. The van der Waals surface area contributed by atoms with Gasteiger partial charge in [-0.2, -0.15) is 0 Å². The quantitative estimate of drug-likeness (QED) is 0.683. The van der Waals surface area contributed by atoms with Crippen LogP contribution in [0.2, 0.25) is 0 Å². The second kappa shape index (κ2) is 5.83. The summed E-state index contributed by atoms with van der Waals surface area (Å²) in [6.07, 6.45) is 0. The van der Waals surface area contributed by atoms with Gasteiger partial charge in [0, 0.05) is 27.9 Å². The number of amides is 1. The van der Waals surface area contributed by atoms with Gasteiger partial charge in [-0.3, -0.25) is 14.9 Å². The molecule has 0 aliphatic rings. The highest BCUT2D eigenvalue weighted by atomic mass is 79.9. The van der Waals surface area contributed by atoms with E-state index in [0.29, 0.717) is 11.3 Å². The van der Waals surface area contributed by atoms with E-state index in [1.165, 1.54) is 24.3 Å². The molecule has 0 radical (unpaired) electrons. The van der Waals surface area contributed by atoms with Crippen LogP contribution in [0.15, 0.2) is 46.9 Å². The molecule has 2 rings (SSSR count). The summed E-state index contributed by atoms with van der Waals surface area (Å²) in [6, 6.07) is 11.1. The van der Waals surface area contributed by atoms with Crippen molar-refractivity contribution in [2.24, 2.45) is 0 Å². The third-order valence-electron chi connectivity index (χ3n) is 2.78. The van der Waals surface area contributed by atoms with Gasteiger partial charge in [-0.05, 0) is 36.8 Å². The number of nitro groups is 1. The summed E-state index contributed by atoms with van der Waals surface area (Å²) in [5, 5.41) is 13.3. The number of rotatable bonds is 3. The lowest BCUT2D eigenvalue weighted by Gasteiger charge is -2.08. The molecule has 6 heteroatoms. The maximum atomic E-state index is 12.1. The zero-order valence-corrected chi connectivity index (χ0v) is 12.2. The second-order valence-electron chi connectivity index (χ2n) is 4.22. The van der Waals surface area contributed by atoms with Gasteiger partial charge in [0.05, 0.1) is 4.92 Å². The third kappa shape index (κ3) is 3.21. The number of nitro benzene ring substituents is 1. The molecule has 0 saturated carbocycles. The summed E-state index contributed by atoms with van der Waals surface area (Å²) in [5.74, 6) is -0.252. The van der Waals surface area contributed by atoms with Crippen molar-refractivity contribution in [3.05, 3.63) is 68.2 Å². The maximum absolute atomic E-state index is 12.1. The molecule has 2 aromatic carbocycles. The van der Waals surface area contributed by atoms with E-state index in [2.05, 4.69) is 21.2 Å². The van der Waals surface area contributed by atoms with Gasteiger partial charge in [0.15, 0.2) is 0 Å². The monoisotopic (exact) mass is 334 g/mol. The van der Waals surface area contributed by atoms with Gasteiger partial charge in [-0.15, -0.1) is 0 Å². The number of carbonyl (C=O) groups is 1. The van der Waals surface area contributed by atoms with Crippen molar-refractivity contribution in [2.75, 3.05) is 5.32 Å². The van der Waals surface area contributed by atoms with Crippen LogP contribution in [-0.2, 0) is 0 Å². The first-order chi connectivity index (χ1) is 9.47. The Morgan fingerprint density at radius 3 is 2.45 bits per heavy atom. The number of nitrogens with one attached hydrogen (secondary N) is 1. The van der Waals surface area contributed by atoms with Crippen molar-refractivity contribution in [3.63, 3.8) is 0 Å². The van der Waals surface area contributed by atoms with Crippen molar-refractivity contribution < 1.29 is 9.72 Å². The van der Waals surface area contributed by atoms with E-state index < -0.39 is 4.92 Å². The van der Waals surface area contributed by atoms with E-state index in [0.717, 1.165) is 10.0 Å². The van der Waals surface area contributed by atoms with Gasteiger partial charge >= 0.3 is 0 Å². The van der Waals surface area contributed by atoms with Crippen LogP contribution in [0.25, 0.3) is 0 Å². The van der Waals surface area contributed by atoms with Crippen molar-refractivity contribution in [1.82, 2.24) is 0 Å². The fraction of sp³-hybridized carbons (Fsp3) is 0.0714. The molecule has 0 fully saturated rings. The molecule has 0 aromatic heterocycles. The number of hydrogen-bond acceptors (Lipinski definition) is 3. The molecule has 5 nitrogen and oxygen atoms in total. The van der Waals surface area contributed by atoms with E-state index in [9.17, 15) is 14.9 Å². The minimum Gasteiger partial charge on any atom is -0.322 e. The lowest BCUT2D eigenvalue weighted by molar-refractivity contribution is -0.384. The van der Waals surface area contributed by atoms with E-state index in [1.807, 2.05) is 19.1 Å². The average molecular weight is 335 g/mol. The molecule has 1 amide bonds. The Morgan fingerprint density at radius 2 is 1.85 bits per heavy atom. The predicted molar refractivity (Wildman–Crippen MR) is 79.9 cm³/mol. The molecule has 0 saturated heterocycles. The number of carbonyl (C=O) groups excluding carboxylic acids is 1. The largest absolute Gasteiger partial charge is 0.322 e. The molecule has 0 atom stereocenters. The topological polar surface area (TPSA) is 72.2 Å². The summed E-state index contributed by atoms with van der Waals surface area (Å²) >= 11 is 3.32. The van der Waals surface area contributed by atoms with Gasteiger partial charge in [0.1, 0.15) is 0 Å². The number of benzene rings is 2. The fourth-order valence-electron chi connectivity index (χ4n) is 1.70. The van der Waals surface area contributed by atoms with E-state index in [-0.39, 0.29) is 11.6 Å². The molecule has 0 bridgehead atoms. The van der Waals surface area contributed by atoms with Crippen LogP contribution in [0, 0.1) is 17.0 Å². The van der Waals surface area contributed by atoms with Crippen LogP contribution in [0.5, 0.6) is 0 Å². The summed E-state index contributed by atoms with van der Waals surface area (Å²) in [7, 11) is 0. The van der Waals surface area contributed by atoms with Crippen molar-refractivity contribution in [3.8, 4) is 0 Å². The van der Waals surface area contributed by atoms with Crippen LogP contribution in [0.4, 0.5) is 11.4 Å². The lowest BCUT2D eigenvalue weighted by atomic mass is 10.1. The van der Waals surface area contributed by atoms with Crippen LogP contribution < -0.4 is 5.32 Å². The summed E-state index contributed by atoms with van der Waals surface area (Å²) in [4.78, 5) is 22.2. The molecule has 0 aliphatic heterocycles. The Kier molecular flexibility index (Phi) is 4.14. The Morgan fingerprint density at radius 1 is 1.20 bits per heavy atom. The number of halogens is 1. The molecular weight excluding hydrogens is 324 g/mol. The molecule has 0 heterocycles.